The first-order chi connectivity index (χ1) is 11.5. The van der Waals surface area contributed by atoms with Gasteiger partial charge in [-0.25, -0.2) is 0 Å². The first-order valence-electron chi connectivity index (χ1n) is 7.90. The molecule has 0 saturated carbocycles. The van der Waals surface area contributed by atoms with E-state index in [2.05, 4.69) is 94.2 Å². The molecule has 0 radical (unpaired) electrons. The lowest BCUT2D eigenvalue weighted by molar-refractivity contribution is -0.107. The maximum atomic E-state index is 11.6. The number of benzene rings is 2. The highest BCUT2D eigenvalue weighted by molar-refractivity contribution is 9.14. The van der Waals surface area contributed by atoms with Crippen molar-refractivity contribution in [3.05, 3.63) is 79.7 Å². The first kappa shape index (κ1) is 19.4. The molecule has 0 aromatic heterocycles. The van der Waals surface area contributed by atoms with Gasteiger partial charge in [0, 0.05) is 10.4 Å². The van der Waals surface area contributed by atoms with Crippen LogP contribution >= 0.6 is 43.5 Å². The number of halogens is 3. The summed E-state index contributed by atoms with van der Waals surface area (Å²) in [4.78, 5) is 11.6. The van der Waals surface area contributed by atoms with E-state index in [1.54, 1.807) is 0 Å². The number of aryl methyl sites for hydroxylation is 2. The van der Waals surface area contributed by atoms with E-state index in [1.165, 1.54) is 11.1 Å². The third kappa shape index (κ3) is 4.59. The monoisotopic (exact) mass is 468 g/mol. The second-order valence-electron chi connectivity index (χ2n) is 5.56. The maximum Gasteiger partial charge on any atom is 0.260 e. The molecule has 0 heterocycles. The summed E-state index contributed by atoms with van der Waals surface area (Å²) in [6.07, 6.45) is 1.99. The number of rotatable bonds is 6. The first-order valence-corrected chi connectivity index (χ1v) is 9.87. The predicted molar refractivity (Wildman–Crippen MR) is 109 cm³/mol. The highest BCUT2D eigenvalue weighted by atomic mass is 79.9. The average molecular weight is 471 g/mol. The molecule has 126 valence electrons. The standard InChI is InChI=1S/C20H19Br2ClO/c1-3-13-5-9-15(10-6-13)17(18(21)19(22)20(23)24)16-11-7-14(4-2)8-12-16/h5-12,17H,3-4H2,1-2H3. The fraction of sp³-hybridized carbons (Fsp3) is 0.250. The van der Waals surface area contributed by atoms with Gasteiger partial charge in [0.05, 0.1) is 4.48 Å². The molecular weight excluding hydrogens is 451 g/mol. The lowest BCUT2D eigenvalue weighted by atomic mass is 9.89. The zero-order valence-electron chi connectivity index (χ0n) is 13.7. The summed E-state index contributed by atoms with van der Waals surface area (Å²) in [6, 6.07) is 16.9. The summed E-state index contributed by atoms with van der Waals surface area (Å²) < 4.78 is 1.09. The Labute approximate surface area is 165 Å². The molecule has 0 aliphatic rings. The van der Waals surface area contributed by atoms with Crippen LogP contribution in [-0.4, -0.2) is 5.24 Å². The van der Waals surface area contributed by atoms with Gasteiger partial charge in [-0.3, -0.25) is 4.79 Å². The van der Waals surface area contributed by atoms with E-state index in [1.807, 2.05) is 0 Å². The van der Waals surface area contributed by atoms with E-state index in [4.69, 9.17) is 11.6 Å². The van der Waals surface area contributed by atoms with Gasteiger partial charge in [-0.15, -0.1) is 0 Å². The molecule has 0 atom stereocenters. The molecule has 0 aliphatic carbocycles. The van der Waals surface area contributed by atoms with Crippen molar-refractivity contribution < 1.29 is 4.79 Å². The van der Waals surface area contributed by atoms with Crippen molar-refractivity contribution in [3.8, 4) is 0 Å². The Hall–Kier alpha value is -0.900. The van der Waals surface area contributed by atoms with Gasteiger partial charge < -0.3 is 0 Å². The number of allylic oxidation sites excluding steroid dienone is 2. The van der Waals surface area contributed by atoms with Gasteiger partial charge in [-0.1, -0.05) is 78.3 Å². The van der Waals surface area contributed by atoms with E-state index in [0.717, 1.165) is 28.5 Å². The van der Waals surface area contributed by atoms with Crippen LogP contribution in [0.2, 0.25) is 0 Å². The summed E-state index contributed by atoms with van der Waals surface area (Å²) in [7, 11) is 0. The fourth-order valence-corrected chi connectivity index (χ4v) is 3.75. The van der Waals surface area contributed by atoms with Gasteiger partial charge in [0.2, 0.25) is 0 Å². The minimum absolute atomic E-state index is 0.0844. The van der Waals surface area contributed by atoms with Crippen molar-refractivity contribution in [2.75, 3.05) is 0 Å². The smallest absolute Gasteiger partial charge is 0.260 e. The molecule has 2 rings (SSSR count). The van der Waals surface area contributed by atoms with Gasteiger partial charge in [0.1, 0.15) is 0 Å². The molecule has 2 aromatic rings. The van der Waals surface area contributed by atoms with Crippen molar-refractivity contribution in [2.45, 2.75) is 32.6 Å². The maximum absolute atomic E-state index is 11.6. The lowest BCUT2D eigenvalue weighted by Crippen LogP contribution is -2.05. The van der Waals surface area contributed by atoms with E-state index in [9.17, 15) is 4.79 Å². The molecule has 0 aliphatic heterocycles. The Morgan fingerprint density at radius 3 is 1.54 bits per heavy atom. The van der Waals surface area contributed by atoms with E-state index in [0.29, 0.717) is 4.48 Å². The lowest BCUT2D eigenvalue weighted by Gasteiger charge is -2.19. The predicted octanol–water partition coefficient (Wildman–Crippen LogP) is 6.71. The van der Waals surface area contributed by atoms with E-state index >= 15 is 0 Å². The minimum Gasteiger partial charge on any atom is -0.275 e. The number of carbonyl (C=O) groups is 1. The van der Waals surface area contributed by atoms with Gasteiger partial charge in [-0.2, -0.15) is 0 Å². The van der Waals surface area contributed by atoms with Crippen LogP contribution in [0, 0.1) is 0 Å². The van der Waals surface area contributed by atoms with Gasteiger partial charge in [-0.05, 0) is 62.6 Å². The molecule has 0 unspecified atom stereocenters. The van der Waals surface area contributed by atoms with Crippen molar-refractivity contribution in [1.29, 1.82) is 0 Å². The third-order valence-electron chi connectivity index (χ3n) is 4.08. The second-order valence-corrected chi connectivity index (χ2v) is 7.55. The van der Waals surface area contributed by atoms with E-state index in [-0.39, 0.29) is 5.92 Å². The highest BCUT2D eigenvalue weighted by Gasteiger charge is 2.22. The molecule has 24 heavy (non-hydrogen) atoms. The number of carbonyl (C=O) groups excluding carboxylic acids is 1. The normalized spacial score (nSPS) is 12.2. The van der Waals surface area contributed by atoms with Crippen molar-refractivity contribution in [3.63, 3.8) is 0 Å². The molecule has 0 spiro atoms. The Morgan fingerprint density at radius 2 is 1.25 bits per heavy atom. The van der Waals surface area contributed by atoms with Crippen LogP contribution < -0.4 is 0 Å². The Balaban J connectivity index is 2.55. The Kier molecular flexibility index (Phi) is 7.27. The zero-order valence-corrected chi connectivity index (χ0v) is 17.6. The minimum atomic E-state index is -0.512. The fourth-order valence-electron chi connectivity index (χ4n) is 2.60. The molecule has 0 bridgehead atoms. The van der Waals surface area contributed by atoms with Crippen LogP contribution in [0.5, 0.6) is 0 Å². The third-order valence-corrected chi connectivity index (χ3v) is 6.67. The van der Waals surface area contributed by atoms with Crippen LogP contribution in [0.15, 0.2) is 57.5 Å². The van der Waals surface area contributed by atoms with Crippen LogP contribution in [0.1, 0.15) is 42.0 Å². The number of hydrogen-bond acceptors (Lipinski definition) is 1. The quantitative estimate of drug-likeness (QED) is 0.339. The topological polar surface area (TPSA) is 17.1 Å². The summed E-state index contributed by atoms with van der Waals surface area (Å²) in [6.45, 7) is 4.27. The van der Waals surface area contributed by atoms with Crippen LogP contribution in [0.3, 0.4) is 0 Å². The Bertz CT molecular complexity index is 686. The van der Waals surface area contributed by atoms with E-state index < -0.39 is 5.24 Å². The largest absolute Gasteiger partial charge is 0.275 e. The SMILES string of the molecule is CCc1ccc(C(C(Br)=C(Br)C(=O)Cl)c2ccc(CC)cc2)cc1. The summed E-state index contributed by atoms with van der Waals surface area (Å²) >= 11 is 12.6. The average Bonchev–Trinajstić information content (AvgIpc) is 2.62. The molecule has 0 fully saturated rings. The van der Waals surface area contributed by atoms with Crippen molar-refractivity contribution in [1.82, 2.24) is 0 Å². The highest BCUT2D eigenvalue weighted by Crippen LogP contribution is 2.39. The Morgan fingerprint density at radius 1 is 0.875 bits per heavy atom. The van der Waals surface area contributed by atoms with Crippen LogP contribution in [-0.2, 0) is 17.6 Å². The van der Waals surface area contributed by atoms with Gasteiger partial charge in [0.15, 0.2) is 0 Å². The second kappa shape index (κ2) is 8.98. The van der Waals surface area contributed by atoms with Crippen LogP contribution in [0.4, 0.5) is 0 Å². The zero-order chi connectivity index (χ0) is 17.7. The molecule has 0 saturated heterocycles. The van der Waals surface area contributed by atoms with Crippen molar-refractivity contribution >= 4 is 48.7 Å². The summed E-state index contributed by atoms with van der Waals surface area (Å²) in [5.74, 6) is -0.0844. The molecule has 2 aromatic carbocycles. The molecule has 0 amide bonds. The number of hydrogen-bond donors (Lipinski definition) is 0. The summed E-state index contributed by atoms with van der Waals surface area (Å²) in [5, 5.41) is -0.512. The molecule has 1 nitrogen and oxygen atoms in total. The summed E-state index contributed by atoms with van der Waals surface area (Å²) in [5.41, 5.74) is 4.79. The molecule has 0 N–H and O–H groups in total. The molecular formula is C20H19Br2ClO. The molecule has 4 heteroatoms. The van der Waals surface area contributed by atoms with Gasteiger partial charge >= 0.3 is 0 Å². The van der Waals surface area contributed by atoms with Crippen LogP contribution in [0.25, 0.3) is 0 Å². The van der Waals surface area contributed by atoms with Crippen molar-refractivity contribution in [2.24, 2.45) is 0 Å². The van der Waals surface area contributed by atoms with Gasteiger partial charge in [0.25, 0.3) is 5.24 Å².